The smallest absolute Gasteiger partial charge is 0.418 e. The van der Waals surface area contributed by atoms with Gasteiger partial charge in [-0.25, -0.2) is 0 Å². The summed E-state index contributed by atoms with van der Waals surface area (Å²) in [6, 6.07) is 13.6. The highest BCUT2D eigenvalue weighted by Crippen LogP contribution is 2.36. The molecule has 2 amide bonds. The number of amides is 2. The van der Waals surface area contributed by atoms with Gasteiger partial charge in [0.25, 0.3) is 5.91 Å². The van der Waals surface area contributed by atoms with Crippen LogP contribution < -0.4 is 15.4 Å². The quantitative estimate of drug-likeness (QED) is 0.381. The van der Waals surface area contributed by atoms with Crippen LogP contribution in [0.3, 0.4) is 0 Å². The van der Waals surface area contributed by atoms with Gasteiger partial charge < -0.3 is 19.8 Å². The van der Waals surface area contributed by atoms with Crippen LogP contribution in [0.5, 0.6) is 5.75 Å². The summed E-state index contributed by atoms with van der Waals surface area (Å²) in [5.74, 6) is -0.526. The molecule has 0 fully saturated rings. The number of nitrogens with one attached hydrogen (secondary N) is 2. The maximum atomic E-state index is 13.5. The molecule has 0 saturated heterocycles. The van der Waals surface area contributed by atoms with Crippen molar-refractivity contribution in [2.24, 2.45) is 0 Å². The summed E-state index contributed by atoms with van der Waals surface area (Å²) in [5.41, 5.74) is -0.440. The van der Waals surface area contributed by atoms with Crippen molar-refractivity contribution >= 4 is 23.2 Å². The summed E-state index contributed by atoms with van der Waals surface area (Å²) in [4.78, 5) is 24.2. The van der Waals surface area contributed by atoms with Crippen molar-refractivity contribution in [3.63, 3.8) is 0 Å². The lowest BCUT2D eigenvalue weighted by molar-refractivity contribution is -0.136. The molecular formula is C24H23F3N2O4. The Balaban J connectivity index is 1.54. The summed E-state index contributed by atoms with van der Waals surface area (Å²) in [5, 5.41) is 4.65. The minimum Gasteiger partial charge on any atom is -0.494 e. The lowest BCUT2D eigenvalue weighted by Gasteiger charge is -2.15. The van der Waals surface area contributed by atoms with Gasteiger partial charge in [-0.1, -0.05) is 12.1 Å². The Hall–Kier alpha value is -3.75. The monoisotopic (exact) mass is 460 g/mol. The number of hydrogen-bond donors (Lipinski definition) is 2. The predicted molar refractivity (Wildman–Crippen MR) is 117 cm³/mol. The number of benzene rings is 2. The summed E-state index contributed by atoms with van der Waals surface area (Å²) >= 11 is 0. The van der Waals surface area contributed by atoms with Gasteiger partial charge in [-0.2, -0.15) is 13.2 Å². The zero-order chi connectivity index (χ0) is 23.8. The lowest BCUT2D eigenvalue weighted by atomic mass is 10.1. The molecule has 9 heteroatoms. The van der Waals surface area contributed by atoms with Crippen LogP contribution in [0.4, 0.5) is 24.5 Å². The number of furan rings is 1. The van der Waals surface area contributed by atoms with E-state index in [2.05, 4.69) is 10.6 Å². The maximum Gasteiger partial charge on any atom is 0.418 e. The molecule has 0 bridgehead atoms. The largest absolute Gasteiger partial charge is 0.494 e. The highest BCUT2D eigenvalue weighted by Gasteiger charge is 2.34. The molecule has 0 saturated carbocycles. The second kappa shape index (κ2) is 10.7. The zero-order valence-corrected chi connectivity index (χ0v) is 17.9. The van der Waals surface area contributed by atoms with Crippen molar-refractivity contribution in [1.29, 1.82) is 0 Å². The van der Waals surface area contributed by atoms with Crippen LogP contribution in [0.2, 0.25) is 0 Å². The van der Waals surface area contributed by atoms with Crippen LogP contribution in [0.25, 0.3) is 0 Å². The van der Waals surface area contributed by atoms with Gasteiger partial charge in [-0.15, -0.1) is 0 Å². The topological polar surface area (TPSA) is 80.6 Å². The molecule has 2 aromatic carbocycles. The molecule has 0 aliphatic carbocycles. The van der Waals surface area contributed by atoms with Gasteiger partial charge in [-0.05, 0) is 67.8 Å². The number of aryl methyl sites for hydroxylation is 1. The standard InChI is InChI=1S/C24H23F3N2O4/c1-16-6-4-7-18(14-16)32-12-3-2-9-22(30)29-20-11-10-17(15-19(20)24(25,26)27)28-23(31)21-8-5-13-33-21/h4-8,10-11,13-15H,2-3,9,12H2,1H3,(H,28,31)(H,29,30). The molecule has 6 nitrogen and oxygen atoms in total. The molecule has 0 spiro atoms. The number of halogens is 3. The first-order valence-corrected chi connectivity index (χ1v) is 10.3. The number of carbonyl (C=O) groups is 2. The summed E-state index contributed by atoms with van der Waals surface area (Å²) in [6.45, 7) is 2.35. The Morgan fingerprint density at radius 2 is 1.82 bits per heavy atom. The summed E-state index contributed by atoms with van der Waals surface area (Å²) in [7, 11) is 0. The van der Waals surface area contributed by atoms with E-state index in [1.165, 1.54) is 24.5 Å². The normalized spacial score (nSPS) is 11.2. The summed E-state index contributed by atoms with van der Waals surface area (Å²) < 4.78 is 51.1. The molecule has 3 aromatic rings. The number of carbonyl (C=O) groups excluding carboxylic acids is 2. The molecular weight excluding hydrogens is 437 g/mol. The fourth-order valence-electron chi connectivity index (χ4n) is 3.06. The van der Waals surface area contributed by atoms with Crippen molar-refractivity contribution in [2.75, 3.05) is 17.2 Å². The number of anilines is 2. The van der Waals surface area contributed by atoms with E-state index in [0.717, 1.165) is 23.4 Å². The average Bonchev–Trinajstić information content (AvgIpc) is 3.29. The summed E-state index contributed by atoms with van der Waals surface area (Å²) in [6.07, 6.45) is -2.37. The molecule has 3 rings (SSSR count). The van der Waals surface area contributed by atoms with Gasteiger partial charge in [0, 0.05) is 12.1 Å². The Bertz CT molecular complexity index is 1100. The second-order valence-electron chi connectivity index (χ2n) is 7.36. The van der Waals surface area contributed by atoms with Crippen LogP contribution in [0.1, 0.15) is 40.9 Å². The Labute approximate surface area is 188 Å². The van der Waals surface area contributed by atoms with E-state index in [4.69, 9.17) is 9.15 Å². The van der Waals surface area contributed by atoms with E-state index in [9.17, 15) is 22.8 Å². The van der Waals surface area contributed by atoms with E-state index in [0.29, 0.717) is 19.4 Å². The van der Waals surface area contributed by atoms with E-state index >= 15 is 0 Å². The van der Waals surface area contributed by atoms with Crippen LogP contribution in [0.15, 0.2) is 65.3 Å². The van der Waals surface area contributed by atoms with Gasteiger partial charge in [0.2, 0.25) is 5.91 Å². The van der Waals surface area contributed by atoms with Gasteiger partial charge in [0.05, 0.1) is 24.1 Å². The first kappa shape index (κ1) is 23.9. The minimum atomic E-state index is -4.73. The van der Waals surface area contributed by atoms with E-state index < -0.39 is 23.6 Å². The van der Waals surface area contributed by atoms with Gasteiger partial charge in [-0.3, -0.25) is 9.59 Å². The third-order valence-corrected chi connectivity index (χ3v) is 4.66. The number of alkyl halides is 3. The Morgan fingerprint density at radius 1 is 1.00 bits per heavy atom. The Morgan fingerprint density at radius 3 is 2.52 bits per heavy atom. The van der Waals surface area contributed by atoms with E-state index in [1.54, 1.807) is 0 Å². The van der Waals surface area contributed by atoms with Crippen LogP contribution in [0, 0.1) is 6.92 Å². The lowest BCUT2D eigenvalue weighted by Crippen LogP contribution is -2.18. The SMILES string of the molecule is Cc1cccc(OCCCCC(=O)Nc2ccc(NC(=O)c3ccco3)cc2C(F)(F)F)c1. The van der Waals surface area contributed by atoms with Gasteiger partial charge in [0.15, 0.2) is 5.76 Å². The van der Waals surface area contributed by atoms with Crippen LogP contribution in [-0.2, 0) is 11.0 Å². The first-order valence-electron chi connectivity index (χ1n) is 10.3. The number of unbranched alkanes of at least 4 members (excludes halogenated alkanes) is 1. The van der Waals surface area contributed by atoms with Crippen LogP contribution >= 0.6 is 0 Å². The van der Waals surface area contributed by atoms with Crippen molar-refractivity contribution in [2.45, 2.75) is 32.4 Å². The average molecular weight is 460 g/mol. The Kier molecular flexibility index (Phi) is 7.76. The van der Waals surface area contributed by atoms with Crippen molar-refractivity contribution in [1.82, 2.24) is 0 Å². The second-order valence-corrected chi connectivity index (χ2v) is 7.36. The van der Waals surface area contributed by atoms with Crippen molar-refractivity contribution in [3.05, 3.63) is 77.7 Å². The molecule has 174 valence electrons. The third-order valence-electron chi connectivity index (χ3n) is 4.66. The van der Waals surface area contributed by atoms with Gasteiger partial charge >= 0.3 is 6.18 Å². The predicted octanol–water partition coefficient (Wildman–Crippen LogP) is 6.05. The molecule has 33 heavy (non-hydrogen) atoms. The highest BCUT2D eigenvalue weighted by atomic mass is 19.4. The minimum absolute atomic E-state index is 0.0349. The van der Waals surface area contributed by atoms with E-state index in [1.807, 2.05) is 31.2 Å². The zero-order valence-electron chi connectivity index (χ0n) is 17.9. The highest BCUT2D eigenvalue weighted by molar-refractivity contribution is 6.02. The number of hydrogen-bond acceptors (Lipinski definition) is 4. The fourth-order valence-corrected chi connectivity index (χ4v) is 3.06. The van der Waals surface area contributed by atoms with Crippen molar-refractivity contribution in [3.8, 4) is 5.75 Å². The molecule has 0 radical (unpaired) electrons. The molecule has 0 aliphatic heterocycles. The third kappa shape index (κ3) is 7.13. The molecule has 2 N–H and O–H groups in total. The number of ether oxygens (including phenoxy) is 1. The fraction of sp³-hybridized carbons (Fsp3) is 0.250. The van der Waals surface area contributed by atoms with Crippen molar-refractivity contribution < 1.29 is 31.9 Å². The first-order chi connectivity index (χ1) is 15.7. The molecule has 0 aliphatic rings. The van der Waals surface area contributed by atoms with E-state index in [-0.39, 0.29) is 23.6 Å². The maximum absolute atomic E-state index is 13.5. The van der Waals surface area contributed by atoms with Crippen LogP contribution in [-0.4, -0.2) is 18.4 Å². The molecule has 0 unspecified atom stereocenters. The molecule has 1 heterocycles. The molecule has 0 atom stereocenters. The molecule has 1 aromatic heterocycles. The number of rotatable bonds is 9. The van der Waals surface area contributed by atoms with Gasteiger partial charge in [0.1, 0.15) is 5.75 Å².